The van der Waals surface area contributed by atoms with E-state index in [0.29, 0.717) is 5.11 Å². The Morgan fingerprint density at radius 1 is 1.08 bits per heavy atom. The molecule has 5 heteroatoms. The number of hydrogen-bond donors (Lipinski definition) is 1. The molecule has 0 radical (unpaired) electrons. The summed E-state index contributed by atoms with van der Waals surface area (Å²) < 4.78 is 13.1. The van der Waals surface area contributed by atoms with Crippen LogP contribution in [0, 0.1) is 5.82 Å². The van der Waals surface area contributed by atoms with Gasteiger partial charge in [0, 0.05) is 29.6 Å². The van der Waals surface area contributed by atoms with Crippen LogP contribution in [0.4, 0.5) is 10.1 Å². The van der Waals surface area contributed by atoms with Crippen molar-refractivity contribution in [3.05, 3.63) is 88.4 Å². The van der Waals surface area contributed by atoms with Crippen molar-refractivity contribution >= 4 is 34.4 Å². The normalized spacial score (nSPS) is 11.8. The molecule has 2 nitrogen and oxygen atoms in total. The lowest BCUT2D eigenvalue weighted by molar-refractivity contribution is 0.326. The number of nitrogens with zero attached hydrogens (tertiary/aromatic N) is 1. The second-order valence-corrected chi connectivity index (χ2v) is 7.60. The summed E-state index contributed by atoms with van der Waals surface area (Å²) in [4.78, 5) is 3.52. The quantitative estimate of drug-likeness (QED) is 0.547. The molecule has 134 valence electrons. The lowest BCUT2D eigenvalue weighted by Crippen LogP contribution is -2.41. The summed E-state index contributed by atoms with van der Waals surface area (Å²) in [6, 6.07) is 21.0. The molecule has 1 heterocycles. The highest BCUT2D eigenvalue weighted by Gasteiger charge is 2.18. The molecule has 1 aromatic heterocycles. The van der Waals surface area contributed by atoms with Gasteiger partial charge in [0.15, 0.2) is 5.11 Å². The number of thiophene rings is 1. The van der Waals surface area contributed by atoms with E-state index in [1.54, 1.807) is 23.5 Å². The highest BCUT2D eigenvalue weighted by atomic mass is 32.1. The Bertz CT molecular complexity index is 817. The smallest absolute Gasteiger partial charge is 0.173 e. The lowest BCUT2D eigenvalue weighted by atomic mass is 10.1. The second-order valence-electron chi connectivity index (χ2n) is 6.18. The van der Waals surface area contributed by atoms with Gasteiger partial charge in [0.05, 0.1) is 0 Å². The monoisotopic (exact) mass is 384 g/mol. The molecule has 0 fully saturated rings. The first-order valence-electron chi connectivity index (χ1n) is 8.51. The number of rotatable bonds is 6. The molecular formula is C21H21FN2S2. The van der Waals surface area contributed by atoms with Crippen LogP contribution >= 0.6 is 23.6 Å². The predicted molar refractivity (Wildman–Crippen MR) is 112 cm³/mol. The number of halogens is 1. The van der Waals surface area contributed by atoms with Gasteiger partial charge in [0.1, 0.15) is 5.82 Å². The molecule has 0 saturated carbocycles. The average Bonchev–Trinajstić information content (AvgIpc) is 3.15. The molecule has 2 aromatic carbocycles. The Labute approximate surface area is 163 Å². The van der Waals surface area contributed by atoms with Crippen molar-refractivity contribution < 1.29 is 4.39 Å². The molecule has 26 heavy (non-hydrogen) atoms. The van der Waals surface area contributed by atoms with Crippen molar-refractivity contribution in [2.24, 2.45) is 0 Å². The maximum absolute atomic E-state index is 13.1. The van der Waals surface area contributed by atoms with Gasteiger partial charge in [-0.25, -0.2) is 4.39 Å². The number of hydrogen-bond acceptors (Lipinski definition) is 2. The van der Waals surface area contributed by atoms with E-state index < -0.39 is 0 Å². The summed E-state index contributed by atoms with van der Waals surface area (Å²) in [6.45, 7) is 2.90. The van der Waals surface area contributed by atoms with Crippen LogP contribution in [0.1, 0.15) is 17.4 Å². The van der Waals surface area contributed by atoms with Crippen molar-refractivity contribution in [1.82, 2.24) is 4.90 Å². The first kappa shape index (κ1) is 18.5. The topological polar surface area (TPSA) is 15.3 Å². The zero-order chi connectivity index (χ0) is 18.4. The molecule has 0 amide bonds. The maximum Gasteiger partial charge on any atom is 0.173 e. The molecule has 0 saturated heterocycles. The predicted octanol–water partition coefficient (Wildman–Crippen LogP) is 5.72. The van der Waals surface area contributed by atoms with Gasteiger partial charge in [-0.15, -0.1) is 11.3 Å². The van der Waals surface area contributed by atoms with Crippen LogP contribution in [0.15, 0.2) is 72.1 Å². The molecule has 0 aliphatic heterocycles. The average molecular weight is 385 g/mol. The van der Waals surface area contributed by atoms with E-state index >= 15 is 0 Å². The first-order chi connectivity index (χ1) is 12.6. The number of benzene rings is 2. The SMILES string of the molecule is C[C@@H](Cc1cccs1)N(Cc1ccccc1)C(=S)Nc1ccc(F)cc1. The fourth-order valence-electron chi connectivity index (χ4n) is 2.77. The van der Waals surface area contributed by atoms with Crippen molar-refractivity contribution in [2.75, 3.05) is 5.32 Å². The fraction of sp³-hybridized carbons (Fsp3) is 0.190. The molecule has 0 bridgehead atoms. The molecule has 0 aliphatic rings. The zero-order valence-electron chi connectivity index (χ0n) is 14.6. The minimum atomic E-state index is -0.256. The molecule has 0 aliphatic carbocycles. The van der Waals surface area contributed by atoms with E-state index in [1.807, 2.05) is 18.2 Å². The molecular weight excluding hydrogens is 363 g/mol. The summed E-state index contributed by atoms with van der Waals surface area (Å²) in [7, 11) is 0. The zero-order valence-corrected chi connectivity index (χ0v) is 16.2. The molecule has 1 N–H and O–H groups in total. The van der Waals surface area contributed by atoms with E-state index in [-0.39, 0.29) is 11.9 Å². The third-order valence-corrected chi connectivity index (χ3v) is 5.40. The largest absolute Gasteiger partial charge is 0.342 e. The molecule has 0 unspecified atom stereocenters. The molecule has 1 atom stereocenters. The van der Waals surface area contributed by atoms with Crippen LogP contribution in [-0.4, -0.2) is 16.1 Å². The van der Waals surface area contributed by atoms with Crippen LogP contribution in [0.5, 0.6) is 0 Å². The highest BCUT2D eigenvalue weighted by molar-refractivity contribution is 7.80. The van der Waals surface area contributed by atoms with Gasteiger partial charge in [-0.2, -0.15) is 0 Å². The van der Waals surface area contributed by atoms with Gasteiger partial charge in [0.25, 0.3) is 0 Å². The van der Waals surface area contributed by atoms with E-state index in [9.17, 15) is 4.39 Å². The maximum atomic E-state index is 13.1. The summed E-state index contributed by atoms with van der Waals surface area (Å²) >= 11 is 7.45. The Kier molecular flexibility index (Phi) is 6.36. The summed E-state index contributed by atoms with van der Waals surface area (Å²) in [5, 5.41) is 5.98. The van der Waals surface area contributed by atoms with Crippen molar-refractivity contribution in [1.29, 1.82) is 0 Å². The highest BCUT2D eigenvalue weighted by Crippen LogP contribution is 2.18. The summed E-state index contributed by atoms with van der Waals surface area (Å²) in [5.74, 6) is -0.256. The van der Waals surface area contributed by atoms with Crippen molar-refractivity contribution in [3.8, 4) is 0 Å². The van der Waals surface area contributed by atoms with E-state index in [0.717, 1.165) is 18.7 Å². The van der Waals surface area contributed by atoms with E-state index in [1.165, 1.54) is 22.6 Å². The standard InChI is InChI=1S/C21H21FN2S2/c1-16(14-20-8-5-13-26-20)24(15-17-6-3-2-4-7-17)21(25)23-19-11-9-18(22)10-12-19/h2-13,16H,14-15H2,1H3,(H,23,25)/t16-/m0/s1. The van der Waals surface area contributed by atoms with Gasteiger partial charge in [-0.3, -0.25) is 0 Å². The third kappa shape index (κ3) is 5.13. The van der Waals surface area contributed by atoms with Crippen LogP contribution in [0.2, 0.25) is 0 Å². The first-order valence-corrected chi connectivity index (χ1v) is 9.80. The van der Waals surface area contributed by atoms with Crippen molar-refractivity contribution in [2.45, 2.75) is 25.9 Å². The van der Waals surface area contributed by atoms with Gasteiger partial charge < -0.3 is 10.2 Å². The molecule has 3 aromatic rings. The lowest BCUT2D eigenvalue weighted by Gasteiger charge is -2.32. The van der Waals surface area contributed by atoms with Gasteiger partial charge in [-0.05, 0) is 60.4 Å². The Hall–Kier alpha value is -2.24. The Morgan fingerprint density at radius 3 is 2.46 bits per heavy atom. The van der Waals surface area contributed by atoms with Gasteiger partial charge in [-0.1, -0.05) is 36.4 Å². The Balaban J connectivity index is 1.76. The fourth-order valence-corrected chi connectivity index (χ4v) is 3.96. The third-order valence-electron chi connectivity index (χ3n) is 4.16. The Morgan fingerprint density at radius 2 is 1.81 bits per heavy atom. The van der Waals surface area contributed by atoms with Crippen LogP contribution < -0.4 is 5.32 Å². The number of anilines is 1. The number of thiocarbonyl (C=S) groups is 1. The minimum absolute atomic E-state index is 0.231. The summed E-state index contributed by atoms with van der Waals surface area (Å²) in [5.41, 5.74) is 1.99. The van der Waals surface area contributed by atoms with E-state index in [4.69, 9.17) is 12.2 Å². The molecule has 3 rings (SSSR count). The number of nitrogens with one attached hydrogen (secondary N) is 1. The molecule has 0 spiro atoms. The second kappa shape index (κ2) is 8.92. The van der Waals surface area contributed by atoms with Crippen LogP contribution in [0.25, 0.3) is 0 Å². The van der Waals surface area contributed by atoms with Gasteiger partial charge in [0.2, 0.25) is 0 Å². The summed E-state index contributed by atoms with van der Waals surface area (Å²) in [6.07, 6.45) is 0.926. The van der Waals surface area contributed by atoms with Crippen LogP contribution in [-0.2, 0) is 13.0 Å². The van der Waals surface area contributed by atoms with Crippen molar-refractivity contribution in [3.63, 3.8) is 0 Å². The van der Waals surface area contributed by atoms with Gasteiger partial charge >= 0.3 is 0 Å². The van der Waals surface area contributed by atoms with E-state index in [2.05, 4.69) is 46.8 Å². The van der Waals surface area contributed by atoms with Crippen LogP contribution in [0.3, 0.4) is 0 Å². The minimum Gasteiger partial charge on any atom is -0.342 e.